The van der Waals surface area contributed by atoms with Gasteiger partial charge >= 0.3 is 0 Å². The van der Waals surface area contributed by atoms with Crippen molar-refractivity contribution >= 4 is 17.2 Å². The first-order valence-corrected chi connectivity index (χ1v) is 6.61. The number of amides is 1. The van der Waals surface area contributed by atoms with E-state index in [2.05, 4.69) is 0 Å². The number of nitrogens with zero attached hydrogens (tertiary/aromatic N) is 1. The van der Waals surface area contributed by atoms with Gasteiger partial charge in [-0.2, -0.15) is 0 Å². The van der Waals surface area contributed by atoms with E-state index < -0.39 is 17.5 Å². The van der Waals surface area contributed by atoms with Crippen LogP contribution in [0.2, 0.25) is 0 Å². The predicted molar refractivity (Wildman–Crippen MR) is 71.2 cm³/mol. The normalized spacial score (nSPS) is 10.5. The summed E-state index contributed by atoms with van der Waals surface area (Å²) >= 11 is 1.54. The highest BCUT2D eigenvalue weighted by Gasteiger charge is 2.19. The Morgan fingerprint density at radius 2 is 2.05 bits per heavy atom. The van der Waals surface area contributed by atoms with Crippen LogP contribution in [0.1, 0.15) is 20.8 Å². The molecule has 5 heteroatoms. The SMILES string of the molecule is Cc1ccsc1CN(C)C(=O)c1cccc(F)c1F. The maximum atomic E-state index is 13.6. The van der Waals surface area contributed by atoms with Gasteiger partial charge in [-0.25, -0.2) is 8.78 Å². The molecule has 2 rings (SSSR count). The quantitative estimate of drug-likeness (QED) is 0.841. The average molecular weight is 281 g/mol. The fraction of sp³-hybridized carbons (Fsp3) is 0.214. The molecule has 0 unspecified atom stereocenters. The van der Waals surface area contributed by atoms with E-state index in [0.717, 1.165) is 16.5 Å². The Balaban J connectivity index is 2.20. The highest BCUT2D eigenvalue weighted by molar-refractivity contribution is 7.10. The maximum absolute atomic E-state index is 13.6. The number of hydrogen-bond acceptors (Lipinski definition) is 2. The molecule has 0 aliphatic heterocycles. The van der Waals surface area contributed by atoms with Crippen molar-refractivity contribution in [3.63, 3.8) is 0 Å². The van der Waals surface area contributed by atoms with Gasteiger partial charge in [0.15, 0.2) is 11.6 Å². The van der Waals surface area contributed by atoms with E-state index in [1.54, 1.807) is 7.05 Å². The smallest absolute Gasteiger partial charge is 0.257 e. The molecule has 100 valence electrons. The summed E-state index contributed by atoms with van der Waals surface area (Å²) in [7, 11) is 1.58. The lowest BCUT2D eigenvalue weighted by Gasteiger charge is -2.17. The van der Waals surface area contributed by atoms with E-state index >= 15 is 0 Å². The van der Waals surface area contributed by atoms with Crippen LogP contribution in [0.5, 0.6) is 0 Å². The first-order valence-electron chi connectivity index (χ1n) is 5.73. The molecule has 0 spiro atoms. The van der Waals surface area contributed by atoms with Crippen molar-refractivity contribution < 1.29 is 13.6 Å². The number of rotatable bonds is 3. The van der Waals surface area contributed by atoms with Crippen LogP contribution < -0.4 is 0 Å². The summed E-state index contributed by atoms with van der Waals surface area (Å²) < 4.78 is 26.7. The van der Waals surface area contributed by atoms with Crippen molar-refractivity contribution in [1.82, 2.24) is 4.90 Å². The molecule has 0 fully saturated rings. The second-order valence-electron chi connectivity index (χ2n) is 4.29. The van der Waals surface area contributed by atoms with E-state index in [1.165, 1.54) is 28.4 Å². The number of halogens is 2. The molecule has 1 heterocycles. The Morgan fingerprint density at radius 1 is 1.32 bits per heavy atom. The van der Waals surface area contributed by atoms with Gasteiger partial charge in [0.1, 0.15) is 0 Å². The van der Waals surface area contributed by atoms with Crippen molar-refractivity contribution in [1.29, 1.82) is 0 Å². The number of aryl methyl sites for hydroxylation is 1. The Bertz CT molecular complexity index is 609. The molecule has 0 N–H and O–H groups in total. The van der Waals surface area contributed by atoms with Crippen LogP contribution in [0.4, 0.5) is 8.78 Å². The molecule has 0 aliphatic rings. The molecule has 0 bridgehead atoms. The molecular formula is C14H13F2NOS. The third-order valence-corrected chi connectivity index (χ3v) is 3.89. The fourth-order valence-electron chi connectivity index (χ4n) is 1.73. The summed E-state index contributed by atoms with van der Waals surface area (Å²) in [6, 6.07) is 5.57. The van der Waals surface area contributed by atoms with Gasteiger partial charge < -0.3 is 4.90 Å². The first kappa shape index (κ1) is 13.7. The lowest BCUT2D eigenvalue weighted by Crippen LogP contribution is -2.27. The number of thiophene rings is 1. The molecule has 0 atom stereocenters. The molecule has 19 heavy (non-hydrogen) atoms. The first-order chi connectivity index (χ1) is 9.00. The summed E-state index contributed by atoms with van der Waals surface area (Å²) in [6.45, 7) is 2.34. The van der Waals surface area contributed by atoms with E-state index in [9.17, 15) is 13.6 Å². The minimum Gasteiger partial charge on any atom is -0.336 e. The lowest BCUT2D eigenvalue weighted by molar-refractivity contribution is 0.0780. The fourth-order valence-corrected chi connectivity index (χ4v) is 2.69. The third-order valence-electron chi connectivity index (χ3n) is 2.88. The summed E-state index contributed by atoms with van der Waals surface area (Å²) in [5.41, 5.74) is 0.848. The summed E-state index contributed by atoms with van der Waals surface area (Å²) in [5, 5.41) is 1.94. The van der Waals surface area contributed by atoms with Crippen LogP contribution in [-0.4, -0.2) is 17.9 Å². The van der Waals surface area contributed by atoms with Crippen molar-refractivity contribution in [3.05, 3.63) is 57.3 Å². The highest BCUT2D eigenvalue weighted by Crippen LogP contribution is 2.19. The van der Waals surface area contributed by atoms with Gasteiger partial charge in [0.25, 0.3) is 5.91 Å². The largest absolute Gasteiger partial charge is 0.336 e. The van der Waals surface area contributed by atoms with Gasteiger partial charge in [0.2, 0.25) is 0 Å². The monoisotopic (exact) mass is 281 g/mol. The minimum absolute atomic E-state index is 0.239. The van der Waals surface area contributed by atoms with E-state index in [4.69, 9.17) is 0 Å². The van der Waals surface area contributed by atoms with Crippen molar-refractivity contribution in [2.45, 2.75) is 13.5 Å². The van der Waals surface area contributed by atoms with Crippen LogP contribution in [0.3, 0.4) is 0 Å². The van der Waals surface area contributed by atoms with E-state index in [-0.39, 0.29) is 5.56 Å². The minimum atomic E-state index is -1.10. The maximum Gasteiger partial charge on any atom is 0.257 e. The molecule has 1 aromatic carbocycles. The molecule has 2 aromatic rings. The Hall–Kier alpha value is -1.75. The zero-order valence-corrected chi connectivity index (χ0v) is 11.4. The van der Waals surface area contributed by atoms with Gasteiger partial charge in [-0.3, -0.25) is 4.79 Å². The predicted octanol–water partition coefficient (Wildman–Crippen LogP) is 3.61. The number of hydrogen-bond donors (Lipinski definition) is 0. The molecule has 1 aromatic heterocycles. The van der Waals surface area contributed by atoms with Crippen molar-refractivity contribution in [2.75, 3.05) is 7.05 Å². The lowest BCUT2D eigenvalue weighted by atomic mass is 10.1. The molecule has 0 radical (unpaired) electrons. The van der Waals surface area contributed by atoms with Crippen LogP contribution >= 0.6 is 11.3 Å². The number of carbonyl (C=O) groups excluding carboxylic acids is 1. The molecule has 0 saturated heterocycles. The molecule has 0 aliphatic carbocycles. The molecule has 2 nitrogen and oxygen atoms in total. The summed E-state index contributed by atoms with van der Waals surface area (Å²) in [4.78, 5) is 14.5. The summed E-state index contributed by atoms with van der Waals surface area (Å²) in [5.74, 6) is -2.63. The second-order valence-corrected chi connectivity index (χ2v) is 5.29. The van der Waals surface area contributed by atoms with Crippen molar-refractivity contribution in [3.8, 4) is 0 Å². The highest BCUT2D eigenvalue weighted by atomic mass is 32.1. The van der Waals surface area contributed by atoms with Crippen LogP contribution in [-0.2, 0) is 6.54 Å². The molecular weight excluding hydrogens is 268 g/mol. The molecule has 1 amide bonds. The topological polar surface area (TPSA) is 20.3 Å². The second kappa shape index (κ2) is 5.48. The zero-order valence-electron chi connectivity index (χ0n) is 10.6. The standard InChI is InChI=1S/C14H13F2NOS/c1-9-6-7-19-12(9)8-17(2)14(18)10-4-3-5-11(15)13(10)16/h3-7H,8H2,1-2H3. The van der Waals surface area contributed by atoms with Crippen LogP contribution in [0.15, 0.2) is 29.6 Å². The zero-order chi connectivity index (χ0) is 14.0. The van der Waals surface area contributed by atoms with Crippen molar-refractivity contribution in [2.24, 2.45) is 0 Å². The number of benzene rings is 1. The van der Waals surface area contributed by atoms with Gasteiger partial charge in [-0.15, -0.1) is 11.3 Å². The van der Waals surface area contributed by atoms with Gasteiger partial charge in [0, 0.05) is 11.9 Å². The van der Waals surface area contributed by atoms with Crippen LogP contribution in [0.25, 0.3) is 0 Å². The third kappa shape index (κ3) is 2.81. The van der Waals surface area contributed by atoms with E-state index in [1.807, 2.05) is 18.4 Å². The Labute approximate surface area is 114 Å². The van der Waals surface area contributed by atoms with Gasteiger partial charge in [0.05, 0.1) is 12.1 Å². The summed E-state index contributed by atoms with van der Waals surface area (Å²) in [6.07, 6.45) is 0. The van der Waals surface area contributed by atoms with Gasteiger partial charge in [-0.1, -0.05) is 6.07 Å². The Morgan fingerprint density at radius 3 is 2.68 bits per heavy atom. The molecule has 0 saturated carbocycles. The average Bonchev–Trinajstić information content (AvgIpc) is 2.77. The van der Waals surface area contributed by atoms with Crippen LogP contribution in [0, 0.1) is 18.6 Å². The number of carbonyl (C=O) groups is 1. The van der Waals surface area contributed by atoms with E-state index in [0.29, 0.717) is 6.54 Å². The Kier molecular flexibility index (Phi) is 3.95. The van der Waals surface area contributed by atoms with Gasteiger partial charge in [-0.05, 0) is 36.1 Å².